The van der Waals surface area contributed by atoms with Crippen LogP contribution in [-0.4, -0.2) is 7.05 Å². The first-order valence-corrected chi connectivity index (χ1v) is 5.32. The fraction of sp³-hybridized carbons (Fsp3) is 0.0769. The number of hydrogen-bond acceptors (Lipinski definition) is 1. The minimum Gasteiger partial charge on any atom is -0.388 e. The zero-order valence-electron chi connectivity index (χ0n) is 8.80. The third-order valence-electron chi connectivity index (χ3n) is 2.41. The van der Waals surface area contributed by atoms with E-state index in [0.29, 0.717) is 5.56 Å². The molecular formula is C13H11ClFN. The summed E-state index contributed by atoms with van der Waals surface area (Å²) in [5, 5.41) is 3.20. The molecule has 0 heterocycles. The van der Waals surface area contributed by atoms with Crippen LogP contribution in [0.1, 0.15) is 0 Å². The third kappa shape index (κ3) is 2.02. The highest BCUT2D eigenvalue weighted by molar-refractivity contribution is 6.33. The van der Waals surface area contributed by atoms with Crippen LogP contribution in [0.15, 0.2) is 42.5 Å². The van der Waals surface area contributed by atoms with Crippen molar-refractivity contribution in [3.63, 3.8) is 0 Å². The molecule has 0 radical (unpaired) electrons. The fourth-order valence-electron chi connectivity index (χ4n) is 1.57. The van der Waals surface area contributed by atoms with Crippen molar-refractivity contribution in [2.75, 3.05) is 12.4 Å². The molecule has 2 aromatic rings. The molecule has 3 heteroatoms. The summed E-state index contributed by atoms with van der Waals surface area (Å²) in [6.45, 7) is 0. The maximum absolute atomic E-state index is 13.3. The number of rotatable bonds is 2. The van der Waals surface area contributed by atoms with Crippen molar-refractivity contribution in [2.45, 2.75) is 0 Å². The van der Waals surface area contributed by atoms with Gasteiger partial charge in [-0.3, -0.25) is 0 Å². The quantitative estimate of drug-likeness (QED) is 0.823. The molecule has 0 unspecified atom stereocenters. The monoisotopic (exact) mass is 235 g/mol. The van der Waals surface area contributed by atoms with Gasteiger partial charge < -0.3 is 5.32 Å². The Hall–Kier alpha value is -1.54. The molecule has 2 rings (SSSR count). The fourth-order valence-corrected chi connectivity index (χ4v) is 1.80. The van der Waals surface area contributed by atoms with E-state index in [1.165, 1.54) is 6.07 Å². The van der Waals surface area contributed by atoms with Gasteiger partial charge in [-0.1, -0.05) is 35.9 Å². The van der Waals surface area contributed by atoms with Crippen molar-refractivity contribution in [3.05, 3.63) is 53.3 Å². The van der Waals surface area contributed by atoms with E-state index in [1.807, 2.05) is 31.3 Å². The lowest BCUT2D eigenvalue weighted by Gasteiger charge is -2.07. The second kappa shape index (κ2) is 4.54. The molecule has 0 bridgehead atoms. The minimum atomic E-state index is -0.394. The first-order chi connectivity index (χ1) is 7.72. The van der Waals surface area contributed by atoms with Crippen LogP contribution >= 0.6 is 11.6 Å². The molecule has 0 fully saturated rings. The summed E-state index contributed by atoms with van der Waals surface area (Å²) >= 11 is 5.93. The van der Waals surface area contributed by atoms with Gasteiger partial charge in [0.1, 0.15) is 5.82 Å². The van der Waals surface area contributed by atoms with E-state index in [9.17, 15) is 4.39 Å². The predicted molar refractivity (Wildman–Crippen MR) is 66.4 cm³/mol. The Morgan fingerprint density at radius 3 is 2.62 bits per heavy atom. The second-order valence-corrected chi connectivity index (χ2v) is 3.81. The van der Waals surface area contributed by atoms with Gasteiger partial charge in [-0.05, 0) is 23.8 Å². The van der Waals surface area contributed by atoms with Crippen molar-refractivity contribution in [1.82, 2.24) is 0 Å². The predicted octanol–water partition coefficient (Wildman–Crippen LogP) is 4.19. The third-order valence-corrected chi connectivity index (χ3v) is 2.80. The van der Waals surface area contributed by atoms with Crippen molar-refractivity contribution in [2.24, 2.45) is 0 Å². The van der Waals surface area contributed by atoms with Crippen LogP contribution in [-0.2, 0) is 0 Å². The van der Waals surface area contributed by atoms with Crippen molar-refractivity contribution < 1.29 is 4.39 Å². The first-order valence-electron chi connectivity index (χ1n) is 4.94. The molecule has 0 saturated heterocycles. The van der Waals surface area contributed by atoms with Gasteiger partial charge in [0.2, 0.25) is 0 Å². The zero-order chi connectivity index (χ0) is 11.5. The van der Waals surface area contributed by atoms with Gasteiger partial charge in [0.05, 0.1) is 5.02 Å². The zero-order valence-corrected chi connectivity index (χ0v) is 9.55. The largest absolute Gasteiger partial charge is 0.388 e. The van der Waals surface area contributed by atoms with Gasteiger partial charge in [0.25, 0.3) is 0 Å². The Balaban J connectivity index is 2.54. The molecule has 1 N–H and O–H groups in total. The summed E-state index contributed by atoms with van der Waals surface area (Å²) < 4.78 is 13.3. The van der Waals surface area contributed by atoms with Crippen LogP contribution in [0.3, 0.4) is 0 Å². The van der Waals surface area contributed by atoms with E-state index in [2.05, 4.69) is 5.32 Å². The van der Waals surface area contributed by atoms with Crippen molar-refractivity contribution >= 4 is 17.3 Å². The smallest absolute Gasteiger partial charge is 0.142 e. The molecule has 82 valence electrons. The van der Waals surface area contributed by atoms with Gasteiger partial charge in [-0.15, -0.1) is 0 Å². The van der Waals surface area contributed by atoms with Crippen LogP contribution in [0, 0.1) is 5.82 Å². The summed E-state index contributed by atoms with van der Waals surface area (Å²) in [4.78, 5) is 0. The Bertz CT molecular complexity index is 511. The average molecular weight is 236 g/mol. The Morgan fingerprint density at radius 1 is 1.12 bits per heavy atom. The normalized spacial score (nSPS) is 10.2. The molecule has 0 aliphatic heterocycles. The van der Waals surface area contributed by atoms with Crippen molar-refractivity contribution in [1.29, 1.82) is 0 Å². The van der Waals surface area contributed by atoms with Crippen molar-refractivity contribution in [3.8, 4) is 11.1 Å². The van der Waals surface area contributed by atoms with E-state index < -0.39 is 5.82 Å². The SMILES string of the molecule is CNc1cccc(-c2cccc(F)c2Cl)c1. The van der Waals surface area contributed by atoms with Gasteiger partial charge in [-0.2, -0.15) is 0 Å². The van der Waals surface area contributed by atoms with E-state index >= 15 is 0 Å². The molecule has 1 nitrogen and oxygen atoms in total. The lowest BCUT2D eigenvalue weighted by Crippen LogP contribution is -1.89. The Labute approximate surface area is 98.9 Å². The van der Waals surface area contributed by atoms with Crippen LogP contribution in [0.4, 0.5) is 10.1 Å². The molecule has 16 heavy (non-hydrogen) atoms. The Kier molecular flexibility index (Phi) is 3.11. The van der Waals surface area contributed by atoms with Gasteiger partial charge >= 0.3 is 0 Å². The van der Waals surface area contributed by atoms with Crippen LogP contribution in [0.25, 0.3) is 11.1 Å². The highest BCUT2D eigenvalue weighted by atomic mass is 35.5. The highest BCUT2D eigenvalue weighted by Crippen LogP contribution is 2.30. The van der Waals surface area contributed by atoms with Gasteiger partial charge in [0, 0.05) is 18.3 Å². The summed E-state index contributed by atoms with van der Waals surface area (Å²) in [7, 11) is 1.84. The second-order valence-electron chi connectivity index (χ2n) is 3.43. The summed E-state index contributed by atoms with van der Waals surface area (Å²) in [6, 6.07) is 12.5. The van der Waals surface area contributed by atoms with Gasteiger partial charge in [-0.25, -0.2) is 4.39 Å². The molecular weight excluding hydrogens is 225 g/mol. The van der Waals surface area contributed by atoms with Crippen LogP contribution < -0.4 is 5.32 Å². The van der Waals surface area contributed by atoms with E-state index in [1.54, 1.807) is 12.1 Å². The highest BCUT2D eigenvalue weighted by Gasteiger charge is 2.07. The van der Waals surface area contributed by atoms with E-state index in [4.69, 9.17) is 11.6 Å². The number of benzene rings is 2. The summed E-state index contributed by atoms with van der Waals surface area (Å²) in [5.74, 6) is -0.394. The standard InChI is InChI=1S/C13H11ClFN/c1-16-10-5-2-4-9(8-10)11-6-3-7-12(15)13(11)14/h2-8,16H,1H3. The molecule has 2 aromatic carbocycles. The van der Waals surface area contributed by atoms with E-state index in [0.717, 1.165) is 11.3 Å². The molecule has 0 amide bonds. The molecule has 0 aliphatic rings. The maximum atomic E-state index is 13.3. The molecule has 0 saturated carbocycles. The van der Waals surface area contributed by atoms with E-state index in [-0.39, 0.29) is 5.02 Å². The number of hydrogen-bond donors (Lipinski definition) is 1. The maximum Gasteiger partial charge on any atom is 0.142 e. The summed E-state index contributed by atoms with van der Waals surface area (Å²) in [6.07, 6.45) is 0. The van der Waals surface area contributed by atoms with Crippen LogP contribution in [0.2, 0.25) is 5.02 Å². The summed E-state index contributed by atoms with van der Waals surface area (Å²) in [5.41, 5.74) is 2.58. The number of nitrogens with one attached hydrogen (secondary N) is 1. The lowest BCUT2D eigenvalue weighted by atomic mass is 10.0. The van der Waals surface area contributed by atoms with Crippen LogP contribution in [0.5, 0.6) is 0 Å². The average Bonchev–Trinajstić information content (AvgIpc) is 2.33. The molecule has 0 atom stereocenters. The Morgan fingerprint density at radius 2 is 1.88 bits per heavy atom. The minimum absolute atomic E-state index is 0.163. The number of halogens is 2. The lowest BCUT2D eigenvalue weighted by molar-refractivity contribution is 0.629. The molecule has 0 aliphatic carbocycles. The molecule has 0 spiro atoms. The number of anilines is 1. The molecule has 0 aromatic heterocycles. The first kappa shape index (κ1) is 11.0. The topological polar surface area (TPSA) is 12.0 Å². The van der Waals surface area contributed by atoms with Gasteiger partial charge in [0.15, 0.2) is 0 Å².